The predicted octanol–water partition coefficient (Wildman–Crippen LogP) is 1.59. The number of piperidine rings is 1. The van der Waals surface area contributed by atoms with Crippen LogP contribution < -0.4 is 5.32 Å². The number of likely N-dealkylation sites (tertiary alicyclic amines) is 1. The Balaban J connectivity index is 1.30. The van der Waals surface area contributed by atoms with E-state index in [0.717, 1.165) is 45.2 Å². The van der Waals surface area contributed by atoms with E-state index in [9.17, 15) is 4.79 Å². The maximum absolute atomic E-state index is 12.6. The van der Waals surface area contributed by atoms with Crippen molar-refractivity contribution in [1.82, 2.24) is 30.0 Å². The third-order valence-corrected chi connectivity index (χ3v) is 5.40. The molecule has 0 bridgehead atoms. The summed E-state index contributed by atoms with van der Waals surface area (Å²) in [6.07, 6.45) is 10.5. The maximum Gasteiger partial charge on any atom is 0.317 e. The normalized spacial score (nSPS) is 21.5. The standard InChI is InChI=1S/C17H24N6O/c1-22-11-18-10-16(22)12-4-6-23(7-5-12)17(24)20-14-2-3-15-13(8-14)9-19-21-15/h9-12,14H,2-8H2,1H3,(H,19,21)(H,20,24). The summed E-state index contributed by atoms with van der Waals surface area (Å²) in [5.41, 5.74) is 3.73. The molecule has 0 spiro atoms. The van der Waals surface area contributed by atoms with Crippen LogP contribution in [-0.2, 0) is 19.9 Å². The second-order valence-corrected chi connectivity index (χ2v) is 6.95. The number of carbonyl (C=O) groups excluding carboxylic acids is 1. The number of carbonyl (C=O) groups is 1. The third-order valence-electron chi connectivity index (χ3n) is 5.40. The van der Waals surface area contributed by atoms with E-state index in [-0.39, 0.29) is 12.1 Å². The summed E-state index contributed by atoms with van der Waals surface area (Å²) in [7, 11) is 2.04. The van der Waals surface area contributed by atoms with Gasteiger partial charge < -0.3 is 14.8 Å². The van der Waals surface area contributed by atoms with Gasteiger partial charge in [-0.3, -0.25) is 5.10 Å². The molecule has 1 saturated heterocycles. The van der Waals surface area contributed by atoms with Crippen molar-refractivity contribution in [3.05, 3.63) is 35.7 Å². The van der Waals surface area contributed by atoms with E-state index in [0.29, 0.717) is 5.92 Å². The molecule has 1 fully saturated rings. The van der Waals surface area contributed by atoms with Crippen molar-refractivity contribution in [2.24, 2.45) is 7.05 Å². The fourth-order valence-electron chi connectivity index (χ4n) is 3.94. The molecule has 7 heteroatoms. The average Bonchev–Trinajstić information content (AvgIpc) is 3.23. The summed E-state index contributed by atoms with van der Waals surface area (Å²) in [6.45, 7) is 1.62. The molecule has 1 aliphatic carbocycles. The number of aromatic nitrogens is 4. The lowest BCUT2D eigenvalue weighted by Crippen LogP contribution is -2.49. The quantitative estimate of drug-likeness (QED) is 0.879. The molecule has 3 heterocycles. The number of hydrogen-bond acceptors (Lipinski definition) is 3. The highest BCUT2D eigenvalue weighted by atomic mass is 16.2. The molecule has 2 aliphatic rings. The Hall–Kier alpha value is -2.31. The minimum Gasteiger partial charge on any atom is -0.337 e. The van der Waals surface area contributed by atoms with Gasteiger partial charge in [0.1, 0.15) is 0 Å². The number of aromatic amines is 1. The fraction of sp³-hybridized carbons (Fsp3) is 0.588. The van der Waals surface area contributed by atoms with Crippen LogP contribution in [0, 0.1) is 0 Å². The largest absolute Gasteiger partial charge is 0.337 e. The molecular weight excluding hydrogens is 304 g/mol. The minimum atomic E-state index is 0.0791. The molecule has 0 saturated carbocycles. The van der Waals surface area contributed by atoms with Crippen LogP contribution in [0.25, 0.3) is 0 Å². The third kappa shape index (κ3) is 2.90. The SMILES string of the molecule is Cn1cncc1C1CCN(C(=O)NC2CCc3[nH]ncc3C2)CC1. The van der Waals surface area contributed by atoms with Crippen LogP contribution in [0.1, 0.15) is 42.1 Å². The van der Waals surface area contributed by atoms with E-state index in [1.807, 2.05) is 30.7 Å². The van der Waals surface area contributed by atoms with Gasteiger partial charge in [0.05, 0.1) is 12.5 Å². The molecule has 0 radical (unpaired) electrons. The lowest BCUT2D eigenvalue weighted by atomic mass is 9.93. The molecule has 1 atom stereocenters. The highest BCUT2D eigenvalue weighted by molar-refractivity contribution is 5.74. The first-order valence-corrected chi connectivity index (χ1v) is 8.73. The topological polar surface area (TPSA) is 78.8 Å². The van der Waals surface area contributed by atoms with Crippen molar-refractivity contribution in [3.63, 3.8) is 0 Å². The van der Waals surface area contributed by atoms with Crippen molar-refractivity contribution in [2.45, 2.75) is 44.1 Å². The molecule has 2 amide bonds. The van der Waals surface area contributed by atoms with Gasteiger partial charge in [-0.2, -0.15) is 5.10 Å². The molecule has 2 N–H and O–H groups in total. The summed E-state index contributed by atoms with van der Waals surface area (Å²) in [5, 5.41) is 10.3. The summed E-state index contributed by atoms with van der Waals surface area (Å²) in [5.74, 6) is 0.504. The molecule has 7 nitrogen and oxygen atoms in total. The highest BCUT2D eigenvalue weighted by Crippen LogP contribution is 2.27. The average molecular weight is 328 g/mol. The number of amides is 2. The number of imidazole rings is 1. The van der Waals surface area contributed by atoms with Crippen LogP contribution in [0.4, 0.5) is 4.79 Å². The van der Waals surface area contributed by atoms with E-state index in [4.69, 9.17) is 0 Å². The molecule has 1 aliphatic heterocycles. The number of rotatable bonds is 2. The van der Waals surface area contributed by atoms with Crippen LogP contribution in [-0.4, -0.2) is 49.8 Å². The first-order chi connectivity index (χ1) is 11.7. The van der Waals surface area contributed by atoms with Crippen molar-refractivity contribution in [2.75, 3.05) is 13.1 Å². The lowest BCUT2D eigenvalue weighted by molar-refractivity contribution is 0.175. The molecule has 4 rings (SSSR count). The van der Waals surface area contributed by atoms with E-state index < -0.39 is 0 Å². The number of nitrogens with zero attached hydrogens (tertiary/aromatic N) is 4. The van der Waals surface area contributed by atoms with Crippen LogP contribution in [0.3, 0.4) is 0 Å². The van der Waals surface area contributed by atoms with Gasteiger partial charge in [0, 0.05) is 49.7 Å². The molecule has 128 valence electrons. The van der Waals surface area contributed by atoms with Crippen LogP contribution in [0.5, 0.6) is 0 Å². The van der Waals surface area contributed by atoms with Gasteiger partial charge in [0.25, 0.3) is 0 Å². The molecule has 2 aromatic rings. The van der Waals surface area contributed by atoms with Gasteiger partial charge in [-0.15, -0.1) is 0 Å². The van der Waals surface area contributed by atoms with Crippen molar-refractivity contribution in [1.29, 1.82) is 0 Å². The lowest BCUT2D eigenvalue weighted by Gasteiger charge is -2.34. The van der Waals surface area contributed by atoms with Crippen LogP contribution in [0.15, 0.2) is 18.7 Å². The summed E-state index contributed by atoms with van der Waals surface area (Å²) < 4.78 is 2.09. The number of urea groups is 1. The molecule has 24 heavy (non-hydrogen) atoms. The molecule has 2 aromatic heterocycles. The molecule has 0 aromatic carbocycles. The first-order valence-electron chi connectivity index (χ1n) is 8.73. The summed E-state index contributed by atoms with van der Waals surface area (Å²) >= 11 is 0. The Kier molecular flexibility index (Phi) is 4.00. The van der Waals surface area contributed by atoms with Crippen molar-refractivity contribution in [3.8, 4) is 0 Å². The van der Waals surface area contributed by atoms with Crippen molar-refractivity contribution < 1.29 is 4.79 Å². The van der Waals surface area contributed by atoms with Gasteiger partial charge in [-0.1, -0.05) is 0 Å². The zero-order valence-corrected chi connectivity index (χ0v) is 14.0. The number of aryl methyl sites for hydroxylation is 2. The van der Waals surface area contributed by atoms with Gasteiger partial charge in [0.2, 0.25) is 0 Å². The smallest absolute Gasteiger partial charge is 0.317 e. The zero-order chi connectivity index (χ0) is 16.5. The van der Waals surface area contributed by atoms with Gasteiger partial charge in [-0.05, 0) is 37.7 Å². The Morgan fingerprint density at radius 3 is 2.88 bits per heavy atom. The fourth-order valence-corrected chi connectivity index (χ4v) is 3.94. The Morgan fingerprint density at radius 1 is 1.29 bits per heavy atom. The van der Waals surface area contributed by atoms with E-state index in [1.54, 1.807) is 0 Å². The predicted molar refractivity (Wildman–Crippen MR) is 89.7 cm³/mol. The number of hydrogen-bond donors (Lipinski definition) is 2. The molecule has 1 unspecified atom stereocenters. The molecular formula is C17H24N6O. The van der Waals surface area contributed by atoms with Gasteiger partial charge in [0.15, 0.2) is 0 Å². The monoisotopic (exact) mass is 328 g/mol. The number of H-pyrrole nitrogens is 1. The zero-order valence-electron chi connectivity index (χ0n) is 14.0. The first kappa shape index (κ1) is 15.2. The van der Waals surface area contributed by atoms with Gasteiger partial charge in [-0.25, -0.2) is 9.78 Å². The van der Waals surface area contributed by atoms with Crippen LogP contribution in [0.2, 0.25) is 0 Å². The van der Waals surface area contributed by atoms with Crippen LogP contribution >= 0.6 is 0 Å². The Morgan fingerprint density at radius 2 is 2.12 bits per heavy atom. The Labute approximate surface area is 141 Å². The van der Waals surface area contributed by atoms with Crippen molar-refractivity contribution >= 4 is 6.03 Å². The number of fused-ring (bicyclic) bond motifs is 1. The second kappa shape index (κ2) is 6.30. The van der Waals surface area contributed by atoms with Gasteiger partial charge >= 0.3 is 6.03 Å². The van der Waals surface area contributed by atoms with E-state index >= 15 is 0 Å². The van der Waals surface area contributed by atoms with E-state index in [1.165, 1.54) is 17.0 Å². The summed E-state index contributed by atoms with van der Waals surface area (Å²) in [6, 6.07) is 0.299. The Bertz CT molecular complexity index is 712. The minimum absolute atomic E-state index is 0.0791. The highest BCUT2D eigenvalue weighted by Gasteiger charge is 2.28. The second-order valence-electron chi connectivity index (χ2n) is 6.95. The summed E-state index contributed by atoms with van der Waals surface area (Å²) in [4.78, 5) is 18.7. The number of nitrogens with one attached hydrogen (secondary N) is 2. The maximum atomic E-state index is 12.6. The van der Waals surface area contributed by atoms with E-state index in [2.05, 4.69) is 25.1 Å².